The Morgan fingerprint density at radius 2 is 1.76 bits per heavy atom. The van der Waals surface area contributed by atoms with Crippen molar-refractivity contribution in [3.63, 3.8) is 0 Å². The van der Waals surface area contributed by atoms with Gasteiger partial charge in [0.1, 0.15) is 11.5 Å². The van der Waals surface area contributed by atoms with Gasteiger partial charge < -0.3 is 20.1 Å². The van der Waals surface area contributed by atoms with Crippen molar-refractivity contribution in [1.82, 2.24) is 15.3 Å². The minimum Gasteiger partial charge on any atom is -0.495 e. The summed E-state index contributed by atoms with van der Waals surface area (Å²) in [5.74, 6) is 1.29. The zero-order valence-electron chi connectivity index (χ0n) is 19.0. The van der Waals surface area contributed by atoms with E-state index in [9.17, 15) is 4.79 Å². The highest BCUT2D eigenvalue weighted by Crippen LogP contribution is 2.46. The van der Waals surface area contributed by atoms with Crippen LogP contribution in [0.15, 0.2) is 43.1 Å². The molecule has 0 aliphatic heterocycles. The van der Waals surface area contributed by atoms with E-state index in [-0.39, 0.29) is 18.0 Å². The number of hydrogen-bond donors (Lipinski definition) is 2. The molecule has 1 heterocycles. The number of halogens is 2. The first-order valence-corrected chi connectivity index (χ1v) is 11.8. The molecule has 1 fully saturated rings. The normalized spacial score (nSPS) is 17.8. The molecule has 2 aromatic carbocycles. The average Bonchev–Trinajstić information content (AvgIpc) is 2.85. The smallest absolute Gasteiger partial charge is 0.243 e. The van der Waals surface area contributed by atoms with Crippen molar-refractivity contribution in [2.24, 2.45) is 0 Å². The molecule has 2 atom stereocenters. The van der Waals surface area contributed by atoms with Gasteiger partial charge in [-0.2, -0.15) is 0 Å². The molecule has 1 aliphatic carbocycles. The number of benzene rings is 2. The second kappa shape index (κ2) is 10.5. The van der Waals surface area contributed by atoms with Crippen LogP contribution in [0.4, 0.5) is 5.95 Å². The van der Waals surface area contributed by atoms with E-state index >= 15 is 0 Å². The fourth-order valence-electron chi connectivity index (χ4n) is 4.28. The number of hydrogen-bond acceptors (Lipinski definition) is 6. The summed E-state index contributed by atoms with van der Waals surface area (Å²) in [6.07, 6.45) is 7.04. The van der Waals surface area contributed by atoms with Gasteiger partial charge in [-0.05, 0) is 36.6 Å². The Morgan fingerprint density at radius 3 is 2.41 bits per heavy atom. The summed E-state index contributed by atoms with van der Waals surface area (Å²) >= 11 is 13.2. The quantitative estimate of drug-likeness (QED) is 0.408. The summed E-state index contributed by atoms with van der Waals surface area (Å²) in [4.78, 5) is 21.0. The third-order valence-electron chi connectivity index (χ3n) is 6.04. The fraction of sp³-hybridized carbons (Fsp3) is 0.320. The molecule has 1 aliphatic rings. The summed E-state index contributed by atoms with van der Waals surface area (Å²) < 4.78 is 10.8. The van der Waals surface area contributed by atoms with Crippen LogP contribution in [0.5, 0.6) is 11.5 Å². The fourth-order valence-corrected chi connectivity index (χ4v) is 5.00. The monoisotopic (exact) mass is 500 g/mol. The van der Waals surface area contributed by atoms with E-state index in [4.69, 9.17) is 32.7 Å². The molecule has 7 nitrogen and oxygen atoms in total. The van der Waals surface area contributed by atoms with Gasteiger partial charge in [0.25, 0.3) is 0 Å². The molecule has 1 saturated carbocycles. The van der Waals surface area contributed by atoms with Crippen molar-refractivity contribution in [2.45, 2.75) is 37.8 Å². The molecule has 178 valence electrons. The van der Waals surface area contributed by atoms with Crippen LogP contribution in [-0.2, 0) is 4.79 Å². The Balaban J connectivity index is 1.63. The van der Waals surface area contributed by atoms with Gasteiger partial charge in [-0.25, -0.2) is 9.97 Å². The zero-order valence-corrected chi connectivity index (χ0v) is 20.5. The van der Waals surface area contributed by atoms with Crippen molar-refractivity contribution in [2.75, 3.05) is 19.5 Å². The lowest BCUT2D eigenvalue weighted by Crippen LogP contribution is -2.48. The number of aromatic nitrogens is 2. The van der Waals surface area contributed by atoms with Crippen LogP contribution in [0.1, 0.15) is 25.7 Å². The number of methoxy groups -OCH3 is 2. The lowest BCUT2D eigenvalue weighted by Gasteiger charge is -2.32. The molecule has 1 unspecified atom stereocenters. The first-order chi connectivity index (χ1) is 16.4. The van der Waals surface area contributed by atoms with Crippen molar-refractivity contribution in [3.05, 3.63) is 53.2 Å². The van der Waals surface area contributed by atoms with Crippen molar-refractivity contribution < 1.29 is 14.3 Å². The SMILES string of the molecule is C=CC(=O)N[C@H]1CCCCC1Nc1ncc2cc(-c3c(Cl)c(OC)cc(OC)c3Cl)ccc2n1. The molecule has 1 aromatic heterocycles. The van der Waals surface area contributed by atoms with Crippen LogP contribution in [0.3, 0.4) is 0 Å². The van der Waals surface area contributed by atoms with Crippen molar-refractivity contribution >= 4 is 46.0 Å². The van der Waals surface area contributed by atoms with Gasteiger partial charge >= 0.3 is 0 Å². The van der Waals surface area contributed by atoms with Gasteiger partial charge in [-0.15, -0.1) is 0 Å². The molecule has 0 saturated heterocycles. The topological polar surface area (TPSA) is 85.4 Å². The summed E-state index contributed by atoms with van der Waals surface area (Å²) in [5.41, 5.74) is 2.18. The molecular formula is C25H26Cl2N4O3. The molecule has 0 bridgehead atoms. The summed E-state index contributed by atoms with van der Waals surface area (Å²) in [7, 11) is 3.08. The molecule has 3 aromatic rings. The highest BCUT2D eigenvalue weighted by Gasteiger charge is 2.26. The maximum atomic E-state index is 11.8. The largest absolute Gasteiger partial charge is 0.495 e. The number of carbonyl (C=O) groups is 1. The van der Waals surface area contributed by atoms with Crippen LogP contribution < -0.4 is 20.1 Å². The number of nitrogens with zero attached hydrogens (tertiary/aromatic N) is 2. The first-order valence-electron chi connectivity index (χ1n) is 11.0. The number of carbonyl (C=O) groups excluding carboxylic acids is 1. The Hall–Kier alpha value is -3.03. The molecule has 2 N–H and O–H groups in total. The number of ether oxygens (including phenoxy) is 2. The maximum absolute atomic E-state index is 11.8. The van der Waals surface area contributed by atoms with Crippen molar-refractivity contribution in [3.8, 4) is 22.6 Å². The standard InChI is InChI=1S/C25H26Cl2N4O3/c1-4-21(32)29-17-7-5-6-8-18(17)31-25-28-13-15-11-14(9-10-16(15)30-25)22-23(26)19(33-2)12-20(34-3)24(22)27/h4,9-13,17-18H,1,5-8H2,2-3H3,(H,29,32)(H,28,30,31)/t17-,18?/m0/s1. The summed E-state index contributed by atoms with van der Waals surface area (Å²) in [5, 5.41) is 8.04. The minimum absolute atomic E-state index is 0.00764. The molecule has 0 radical (unpaired) electrons. The second-order valence-electron chi connectivity index (χ2n) is 8.11. The predicted octanol–water partition coefficient (Wildman–Crippen LogP) is 5.65. The van der Waals surface area contributed by atoms with E-state index in [0.29, 0.717) is 33.1 Å². The Bertz CT molecular complexity index is 1210. The van der Waals surface area contributed by atoms with Gasteiger partial charge in [-0.3, -0.25) is 4.79 Å². The van der Waals surface area contributed by atoms with Crippen LogP contribution >= 0.6 is 23.2 Å². The van der Waals surface area contributed by atoms with Gasteiger partial charge in [0, 0.05) is 35.3 Å². The highest BCUT2D eigenvalue weighted by molar-refractivity contribution is 6.41. The lowest BCUT2D eigenvalue weighted by molar-refractivity contribution is -0.117. The van der Waals surface area contributed by atoms with Crippen LogP contribution in [0.2, 0.25) is 10.0 Å². The third kappa shape index (κ3) is 4.91. The number of fused-ring (bicyclic) bond motifs is 1. The zero-order chi connectivity index (χ0) is 24.2. The first kappa shape index (κ1) is 24.1. The maximum Gasteiger partial charge on any atom is 0.243 e. The van der Waals surface area contributed by atoms with Gasteiger partial charge in [0.15, 0.2) is 0 Å². The Kier molecular flexibility index (Phi) is 7.44. The number of anilines is 1. The number of amides is 1. The minimum atomic E-state index is -0.169. The lowest BCUT2D eigenvalue weighted by atomic mass is 9.90. The van der Waals surface area contributed by atoms with Gasteiger partial charge in [-0.1, -0.05) is 48.7 Å². The van der Waals surface area contributed by atoms with Crippen LogP contribution in [0, 0.1) is 0 Å². The molecule has 34 heavy (non-hydrogen) atoms. The van der Waals surface area contributed by atoms with Gasteiger partial charge in [0.05, 0.1) is 29.8 Å². The van der Waals surface area contributed by atoms with E-state index in [2.05, 4.69) is 27.2 Å². The van der Waals surface area contributed by atoms with E-state index in [1.54, 1.807) is 26.5 Å². The van der Waals surface area contributed by atoms with E-state index < -0.39 is 0 Å². The molecule has 4 rings (SSSR count). The van der Waals surface area contributed by atoms with Crippen LogP contribution in [-0.4, -0.2) is 42.2 Å². The van der Waals surface area contributed by atoms with E-state index in [0.717, 1.165) is 42.1 Å². The number of nitrogens with one attached hydrogen (secondary N) is 2. The van der Waals surface area contributed by atoms with E-state index in [1.807, 2.05) is 18.2 Å². The van der Waals surface area contributed by atoms with Crippen LogP contribution in [0.25, 0.3) is 22.0 Å². The molecular weight excluding hydrogens is 475 g/mol. The van der Waals surface area contributed by atoms with Gasteiger partial charge in [0.2, 0.25) is 11.9 Å². The molecule has 1 amide bonds. The summed E-state index contributed by atoms with van der Waals surface area (Å²) in [6.45, 7) is 3.54. The van der Waals surface area contributed by atoms with Crippen molar-refractivity contribution in [1.29, 1.82) is 0 Å². The highest BCUT2D eigenvalue weighted by atomic mass is 35.5. The third-order valence-corrected chi connectivity index (χ3v) is 6.79. The Morgan fingerprint density at radius 1 is 1.09 bits per heavy atom. The molecule has 0 spiro atoms. The second-order valence-corrected chi connectivity index (χ2v) is 8.86. The summed E-state index contributed by atoms with van der Waals surface area (Å²) in [6, 6.07) is 7.45. The van der Waals surface area contributed by atoms with E-state index in [1.165, 1.54) is 6.08 Å². The average molecular weight is 501 g/mol. The predicted molar refractivity (Wildman–Crippen MR) is 136 cm³/mol. The Labute approximate surface area is 208 Å². The molecule has 9 heteroatoms. The number of rotatable bonds is 7.